The molecule has 1 heterocycles. The smallest absolute Gasteiger partial charge is 0.419 e. The quantitative estimate of drug-likeness (QED) is 0.720. The Morgan fingerprint density at radius 2 is 1.71 bits per heavy atom. The lowest BCUT2D eigenvalue weighted by atomic mass is 10.1. The van der Waals surface area contributed by atoms with Gasteiger partial charge in [-0.3, -0.25) is 4.57 Å². The second kappa shape index (κ2) is 9.60. The monoisotopic (exact) mass is 433 g/mol. The van der Waals surface area contributed by atoms with Crippen molar-refractivity contribution in [2.45, 2.75) is 65.7 Å². The number of nitrogens with two attached hydrogens (primary N) is 1. The molecule has 1 aromatic carbocycles. The second-order valence-electron chi connectivity index (χ2n) is 9.43. The lowest BCUT2D eigenvalue weighted by Crippen LogP contribution is -2.37. The van der Waals surface area contributed by atoms with E-state index in [2.05, 4.69) is 0 Å². The number of aromatic nitrogens is 1. The van der Waals surface area contributed by atoms with E-state index in [-0.39, 0.29) is 6.54 Å². The van der Waals surface area contributed by atoms with Gasteiger partial charge in [0, 0.05) is 18.1 Å². The third-order valence-electron chi connectivity index (χ3n) is 4.33. The van der Waals surface area contributed by atoms with Crippen molar-refractivity contribution in [3.05, 3.63) is 30.0 Å². The van der Waals surface area contributed by atoms with Crippen LogP contribution >= 0.6 is 0 Å². The van der Waals surface area contributed by atoms with Crippen molar-refractivity contribution >= 4 is 23.1 Å². The van der Waals surface area contributed by atoms with Crippen LogP contribution in [0.2, 0.25) is 0 Å². The summed E-state index contributed by atoms with van der Waals surface area (Å²) in [6, 6.07) is 5.44. The van der Waals surface area contributed by atoms with Gasteiger partial charge >= 0.3 is 12.2 Å². The van der Waals surface area contributed by atoms with E-state index in [0.29, 0.717) is 30.8 Å². The van der Waals surface area contributed by atoms with Crippen molar-refractivity contribution in [1.82, 2.24) is 9.47 Å². The minimum atomic E-state index is -0.635. The first-order chi connectivity index (χ1) is 14.3. The fourth-order valence-corrected chi connectivity index (χ4v) is 3.04. The number of ether oxygens (including phenoxy) is 3. The summed E-state index contributed by atoms with van der Waals surface area (Å²) >= 11 is 0. The molecule has 0 atom stereocenters. The predicted molar refractivity (Wildman–Crippen MR) is 120 cm³/mol. The number of methoxy groups -OCH3 is 1. The Hall–Kier alpha value is -2.74. The van der Waals surface area contributed by atoms with E-state index in [1.807, 2.05) is 47.6 Å². The number of hydrogen-bond donors (Lipinski definition) is 1. The maximum Gasteiger partial charge on any atom is 0.419 e. The van der Waals surface area contributed by atoms with Crippen molar-refractivity contribution in [2.24, 2.45) is 5.73 Å². The number of rotatable bonds is 6. The van der Waals surface area contributed by atoms with Crippen molar-refractivity contribution < 1.29 is 23.8 Å². The van der Waals surface area contributed by atoms with E-state index >= 15 is 0 Å². The molecule has 0 fully saturated rings. The highest BCUT2D eigenvalue weighted by molar-refractivity contribution is 5.93. The normalized spacial score (nSPS) is 12.0. The third-order valence-corrected chi connectivity index (χ3v) is 4.33. The highest BCUT2D eigenvalue weighted by atomic mass is 16.6. The van der Waals surface area contributed by atoms with Crippen molar-refractivity contribution in [1.29, 1.82) is 0 Å². The number of nitrogens with zero attached hydrogens (tertiary/aromatic N) is 2. The standard InChI is InChI=1S/C23H35N3O5/c1-22(2,3)30-20(27)25(12-8-11-24)14-16-15-26(21(28)31-23(4,5)6)19-10-9-17(29-7)13-18(16)19/h9-10,13,15H,8,11-12,14,24H2,1-7H3. The van der Waals surface area contributed by atoms with Gasteiger partial charge in [0.1, 0.15) is 17.0 Å². The van der Waals surface area contributed by atoms with E-state index in [1.165, 1.54) is 4.57 Å². The summed E-state index contributed by atoms with van der Waals surface area (Å²) in [5.74, 6) is 0.654. The van der Waals surface area contributed by atoms with Gasteiger partial charge in [-0.15, -0.1) is 0 Å². The van der Waals surface area contributed by atoms with Gasteiger partial charge < -0.3 is 24.8 Å². The second-order valence-corrected chi connectivity index (χ2v) is 9.43. The number of fused-ring (bicyclic) bond motifs is 1. The zero-order valence-corrected chi connectivity index (χ0v) is 19.7. The Bertz CT molecular complexity index is 922. The molecule has 0 aliphatic rings. The van der Waals surface area contributed by atoms with E-state index in [1.54, 1.807) is 30.3 Å². The van der Waals surface area contributed by atoms with E-state index < -0.39 is 23.4 Å². The first-order valence-corrected chi connectivity index (χ1v) is 10.4. The van der Waals surface area contributed by atoms with Gasteiger partial charge in [0.25, 0.3) is 0 Å². The zero-order valence-electron chi connectivity index (χ0n) is 19.7. The molecule has 31 heavy (non-hydrogen) atoms. The molecule has 0 saturated heterocycles. The SMILES string of the molecule is COc1ccc2c(c1)c(CN(CCCN)C(=O)OC(C)(C)C)cn2C(=O)OC(C)(C)C. The Balaban J connectivity index is 2.47. The highest BCUT2D eigenvalue weighted by Gasteiger charge is 2.25. The molecule has 0 aliphatic carbocycles. The molecule has 8 nitrogen and oxygen atoms in total. The molecule has 2 aromatic rings. The first kappa shape index (κ1) is 24.5. The molecule has 1 aromatic heterocycles. The van der Waals surface area contributed by atoms with Crippen LogP contribution < -0.4 is 10.5 Å². The molecule has 0 bridgehead atoms. The number of hydrogen-bond acceptors (Lipinski definition) is 6. The molecule has 0 radical (unpaired) electrons. The van der Waals surface area contributed by atoms with Crippen molar-refractivity contribution in [3.8, 4) is 5.75 Å². The van der Waals surface area contributed by atoms with Crippen LogP contribution in [0.5, 0.6) is 5.75 Å². The van der Waals surface area contributed by atoms with Crippen LogP contribution in [0.15, 0.2) is 24.4 Å². The van der Waals surface area contributed by atoms with Crippen molar-refractivity contribution in [3.63, 3.8) is 0 Å². The number of carbonyl (C=O) groups excluding carboxylic acids is 2. The van der Waals surface area contributed by atoms with Crippen molar-refractivity contribution in [2.75, 3.05) is 20.2 Å². The fraction of sp³-hybridized carbons (Fsp3) is 0.565. The zero-order chi connectivity index (χ0) is 23.4. The Kier molecular flexibility index (Phi) is 7.59. The van der Waals surface area contributed by atoms with Crippen LogP contribution in [0.3, 0.4) is 0 Å². The van der Waals surface area contributed by atoms with E-state index in [4.69, 9.17) is 19.9 Å². The molecule has 0 aliphatic heterocycles. The maximum atomic E-state index is 12.8. The minimum absolute atomic E-state index is 0.258. The molecule has 1 amide bonds. The van der Waals surface area contributed by atoms with Crippen LogP contribution in [0.1, 0.15) is 53.5 Å². The highest BCUT2D eigenvalue weighted by Crippen LogP contribution is 2.28. The Labute approximate surface area is 184 Å². The van der Waals surface area contributed by atoms with Gasteiger partial charge in [0.05, 0.1) is 19.2 Å². The molecule has 2 rings (SSSR count). The third kappa shape index (κ3) is 6.89. The molecule has 2 N–H and O–H groups in total. The maximum absolute atomic E-state index is 12.8. The Morgan fingerprint density at radius 3 is 2.26 bits per heavy atom. The van der Waals surface area contributed by atoms with Crippen LogP contribution in [-0.4, -0.2) is 53.1 Å². The molecule has 0 spiro atoms. The van der Waals surface area contributed by atoms with E-state index in [9.17, 15) is 9.59 Å². The summed E-state index contributed by atoms with van der Waals surface area (Å²) in [7, 11) is 1.58. The van der Waals surface area contributed by atoms with Crippen LogP contribution in [-0.2, 0) is 16.0 Å². The molecule has 0 saturated carbocycles. The summed E-state index contributed by atoms with van der Waals surface area (Å²) in [6.07, 6.45) is 1.42. The lowest BCUT2D eigenvalue weighted by molar-refractivity contribution is 0.0233. The summed E-state index contributed by atoms with van der Waals surface area (Å²) in [4.78, 5) is 27.2. The molecular formula is C23H35N3O5. The van der Waals surface area contributed by atoms with E-state index in [0.717, 1.165) is 10.9 Å². The largest absolute Gasteiger partial charge is 0.497 e. The molecule has 8 heteroatoms. The topological polar surface area (TPSA) is 96.0 Å². The van der Waals surface area contributed by atoms with Gasteiger partial charge in [0.2, 0.25) is 0 Å². The van der Waals surface area contributed by atoms with Gasteiger partial charge in [-0.05, 0) is 78.3 Å². The average Bonchev–Trinajstić information content (AvgIpc) is 3.00. The summed E-state index contributed by atoms with van der Waals surface area (Å²) < 4.78 is 18.0. The van der Waals surface area contributed by atoms with Gasteiger partial charge in [-0.25, -0.2) is 9.59 Å². The molecule has 0 unspecified atom stereocenters. The predicted octanol–water partition coefficient (Wildman–Crippen LogP) is 4.52. The number of carbonyl (C=O) groups is 2. The lowest BCUT2D eigenvalue weighted by Gasteiger charge is -2.27. The van der Waals surface area contributed by atoms with Crippen LogP contribution in [0.25, 0.3) is 10.9 Å². The number of amides is 1. The van der Waals surface area contributed by atoms with Gasteiger partial charge in [-0.2, -0.15) is 0 Å². The first-order valence-electron chi connectivity index (χ1n) is 10.4. The summed E-state index contributed by atoms with van der Waals surface area (Å²) in [5.41, 5.74) is 5.87. The average molecular weight is 434 g/mol. The van der Waals surface area contributed by atoms with Gasteiger partial charge in [-0.1, -0.05) is 0 Å². The van der Waals surface area contributed by atoms with Gasteiger partial charge in [0.15, 0.2) is 0 Å². The fourth-order valence-electron chi connectivity index (χ4n) is 3.04. The summed E-state index contributed by atoms with van der Waals surface area (Å²) in [5, 5.41) is 0.798. The minimum Gasteiger partial charge on any atom is -0.497 e. The van der Waals surface area contributed by atoms with Crippen LogP contribution in [0.4, 0.5) is 9.59 Å². The van der Waals surface area contributed by atoms with Crippen LogP contribution in [0, 0.1) is 0 Å². The Morgan fingerprint density at radius 1 is 1.06 bits per heavy atom. The summed E-state index contributed by atoms with van der Waals surface area (Å²) in [6.45, 7) is 12.1. The number of benzene rings is 1. The molecular weight excluding hydrogens is 398 g/mol. The molecule has 172 valence electrons.